The largest absolute Gasteiger partial charge is 0.467 e. The minimum Gasteiger partial charge on any atom is -0.467 e. The maximum Gasteiger partial charge on any atom is 0.335 e. The SMILES string of the molecule is COC(=O)C(O)Cc1ccccc1I. The number of hydrogen-bond acceptors (Lipinski definition) is 3. The molecule has 0 aliphatic rings. The molecule has 0 aliphatic carbocycles. The predicted molar refractivity (Wildman–Crippen MR) is 60.9 cm³/mol. The van der Waals surface area contributed by atoms with E-state index in [1.807, 2.05) is 24.3 Å². The molecule has 14 heavy (non-hydrogen) atoms. The van der Waals surface area contributed by atoms with Gasteiger partial charge in [0, 0.05) is 9.99 Å². The lowest BCUT2D eigenvalue weighted by Gasteiger charge is -2.09. The van der Waals surface area contributed by atoms with Crippen LogP contribution in [0.3, 0.4) is 0 Å². The van der Waals surface area contributed by atoms with Crippen LogP contribution in [0.2, 0.25) is 0 Å². The fourth-order valence-electron chi connectivity index (χ4n) is 1.09. The van der Waals surface area contributed by atoms with Crippen LogP contribution >= 0.6 is 22.6 Å². The smallest absolute Gasteiger partial charge is 0.335 e. The van der Waals surface area contributed by atoms with Gasteiger partial charge in [0.1, 0.15) is 0 Å². The predicted octanol–water partition coefficient (Wildman–Crippen LogP) is 1.37. The number of halogens is 1. The van der Waals surface area contributed by atoms with Gasteiger partial charge in [-0.3, -0.25) is 0 Å². The number of aliphatic hydroxyl groups excluding tert-OH is 1. The van der Waals surface area contributed by atoms with Crippen molar-refractivity contribution in [2.24, 2.45) is 0 Å². The molecule has 0 fully saturated rings. The summed E-state index contributed by atoms with van der Waals surface area (Å²) in [5, 5.41) is 9.42. The molecule has 0 heterocycles. The Morgan fingerprint density at radius 2 is 2.21 bits per heavy atom. The summed E-state index contributed by atoms with van der Waals surface area (Å²) >= 11 is 2.17. The van der Waals surface area contributed by atoms with Crippen molar-refractivity contribution in [3.63, 3.8) is 0 Å². The first-order chi connectivity index (χ1) is 6.65. The summed E-state index contributed by atoms with van der Waals surface area (Å²) in [5.41, 5.74) is 0.950. The number of methoxy groups -OCH3 is 1. The second kappa shape index (κ2) is 5.31. The average molecular weight is 306 g/mol. The number of carbonyl (C=O) groups excluding carboxylic acids is 1. The van der Waals surface area contributed by atoms with Crippen molar-refractivity contribution in [2.75, 3.05) is 7.11 Å². The molecule has 1 rings (SSSR count). The van der Waals surface area contributed by atoms with E-state index in [0.29, 0.717) is 6.42 Å². The molecular formula is C10H11IO3. The fourth-order valence-corrected chi connectivity index (χ4v) is 1.70. The summed E-state index contributed by atoms with van der Waals surface area (Å²) in [6, 6.07) is 7.60. The normalized spacial score (nSPS) is 12.2. The van der Waals surface area contributed by atoms with Crippen molar-refractivity contribution < 1.29 is 14.6 Å². The van der Waals surface area contributed by atoms with Crippen LogP contribution in [0.4, 0.5) is 0 Å². The Labute approximate surface area is 96.2 Å². The molecule has 4 heteroatoms. The molecule has 0 saturated carbocycles. The van der Waals surface area contributed by atoms with Gasteiger partial charge in [-0.05, 0) is 34.2 Å². The number of carbonyl (C=O) groups is 1. The second-order valence-electron chi connectivity index (χ2n) is 2.83. The van der Waals surface area contributed by atoms with E-state index in [1.165, 1.54) is 7.11 Å². The highest BCUT2D eigenvalue weighted by Crippen LogP contribution is 2.13. The van der Waals surface area contributed by atoms with Gasteiger partial charge in [-0.1, -0.05) is 18.2 Å². The van der Waals surface area contributed by atoms with E-state index >= 15 is 0 Å². The highest BCUT2D eigenvalue weighted by molar-refractivity contribution is 14.1. The Balaban J connectivity index is 2.69. The molecule has 1 aromatic rings. The summed E-state index contributed by atoms with van der Waals surface area (Å²) in [4.78, 5) is 11.0. The third-order valence-corrected chi connectivity index (χ3v) is 2.90. The maximum absolute atomic E-state index is 11.0. The lowest BCUT2D eigenvalue weighted by atomic mass is 10.1. The van der Waals surface area contributed by atoms with Crippen molar-refractivity contribution in [2.45, 2.75) is 12.5 Å². The van der Waals surface area contributed by atoms with Crippen LogP contribution in [0.1, 0.15) is 5.56 Å². The number of hydrogen-bond donors (Lipinski definition) is 1. The number of esters is 1. The summed E-state index contributed by atoms with van der Waals surface area (Å²) < 4.78 is 5.47. The van der Waals surface area contributed by atoms with Gasteiger partial charge in [0.25, 0.3) is 0 Å². The van der Waals surface area contributed by atoms with Gasteiger partial charge >= 0.3 is 5.97 Å². The first kappa shape index (κ1) is 11.5. The lowest BCUT2D eigenvalue weighted by molar-refractivity contribution is -0.150. The van der Waals surface area contributed by atoms with Crippen molar-refractivity contribution in [3.05, 3.63) is 33.4 Å². The minimum atomic E-state index is -1.07. The molecule has 0 aliphatic heterocycles. The Morgan fingerprint density at radius 1 is 1.57 bits per heavy atom. The number of ether oxygens (including phenoxy) is 1. The van der Waals surface area contributed by atoms with Crippen LogP contribution in [0.25, 0.3) is 0 Å². The Morgan fingerprint density at radius 3 is 2.79 bits per heavy atom. The molecule has 76 valence electrons. The topological polar surface area (TPSA) is 46.5 Å². The monoisotopic (exact) mass is 306 g/mol. The van der Waals surface area contributed by atoms with E-state index in [0.717, 1.165) is 9.13 Å². The molecule has 1 N–H and O–H groups in total. The number of benzene rings is 1. The molecule has 1 atom stereocenters. The quantitative estimate of drug-likeness (QED) is 0.678. The van der Waals surface area contributed by atoms with E-state index in [1.54, 1.807) is 0 Å². The van der Waals surface area contributed by atoms with E-state index in [4.69, 9.17) is 0 Å². The molecule has 0 saturated heterocycles. The Bertz CT molecular complexity index is 325. The molecule has 0 amide bonds. The van der Waals surface area contributed by atoms with Gasteiger partial charge < -0.3 is 9.84 Å². The molecular weight excluding hydrogens is 295 g/mol. The molecule has 3 nitrogen and oxygen atoms in total. The van der Waals surface area contributed by atoms with Gasteiger partial charge in [0.15, 0.2) is 6.10 Å². The summed E-state index contributed by atoms with van der Waals surface area (Å²) in [7, 11) is 1.27. The molecule has 0 aromatic heterocycles. The van der Waals surface area contributed by atoms with Gasteiger partial charge in [0.2, 0.25) is 0 Å². The van der Waals surface area contributed by atoms with Crippen LogP contribution in [-0.4, -0.2) is 24.3 Å². The van der Waals surface area contributed by atoms with Crippen LogP contribution in [0.5, 0.6) is 0 Å². The fraction of sp³-hybridized carbons (Fsp3) is 0.300. The van der Waals surface area contributed by atoms with Gasteiger partial charge in [-0.15, -0.1) is 0 Å². The summed E-state index contributed by atoms with van der Waals surface area (Å²) in [6.07, 6.45) is -0.776. The van der Waals surface area contributed by atoms with Crippen LogP contribution < -0.4 is 0 Å². The molecule has 1 aromatic carbocycles. The third kappa shape index (κ3) is 2.95. The maximum atomic E-state index is 11.0. The lowest BCUT2D eigenvalue weighted by Crippen LogP contribution is -2.24. The van der Waals surface area contributed by atoms with Gasteiger partial charge in [-0.2, -0.15) is 0 Å². The zero-order chi connectivity index (χ0) is 10.6. The van der Waals surface area contributed by atoms with E-state index in [-0.39, 0.29) is 0 Å². The number of rotatable bonds is 3. The third-order valence-electron chi connectivity index (χ3n) is 1.84. The van der Waals surface area contributed by atoms with Crippen molar-refractivity contribution in [1.29, 1.82) is 0 Å². The standard InChI is InChI=1S/C10H11IO3/c1-14-10(13)9(12)6-7-4-2-3-5-8(7)11/h2-5,9,12H,6H2,1H3. The Hall–Kier alpha value is -0.620. The van der Waals surface area contributed by atoms with E-state index < -0.39 is 12.1 Å². The number of aliphatic hydroxyl groups is 1. The summed E-state index contributed by atoms with van der Waals surface area (Å²) in [5.74, 6) is -0.593. The van der Waals surface area contributed by atoms with Crippen LogP contribution in [0, 0.1) is 3.57 Å². The van der Waals surface area contributed by atoms with Crippen LogP contribution in [0.15, 0.2) is 24.3 Å². The highest BCUT2D eigenvalue weighted by Gasteiger charge is 2.16. The highest BCUT2D eigenvalue weighted by atomic mass is 127. The first-order valence-corrected chi connectivity index (χ1v) is 5.22. The zero-order valence-electron chi connectivity index (χ0n) is 7.74. The van der Waals surface area contributed by atoms with Gasteiger partial charge in [-0.25, -0.2) is 4.79 Å². The molecule has 0 bridgehead atoms. The molecule has 1 unspecified atom stereocenters. The Kier molecular flexibility index (Phi) is 4.34. The minimum absolute atomic E-state index is 0.297. The average Bonchev–Trinajstić information content (AvgIpc) is 2.20. The van der Waals surface area contributed by atoms with Crippen molar-refractivity contribution in [3.8, 4) is 0 Å². The first-order valence-electron chi connectivity index (χ1n) is 4.14. The zero-order valence-corrected chi connectivity index (χ0v) is 9.89. The van der Waals surface area contributed by atoms with E-state index in [9.17, 15) is 9.90 Å². The summed E-state index contributed by atoms with van der Waals surface area (Å²) in [6.45, 7) is 0. The molecule has 0 spiro atoms. The van der Waals surface area contributed by atoms with Gasteiger partial charge in [0.05, 0.1) is 7.11 Å². The van der Waals surface area contributed by atoms with Crippen molar-refractivity contribution >= 4 is 28.6 Å². The van der Waals surface area contributed by atoms with E-state index in [2.05, 4.69) is 27.3 Å². The second-order valence-corrected chi connectivity index (χ2v) is 4.00. The molecule has 0 radical (unpaired) electrons. The van der Waals surface area contributed by atoms with Crippen LogP contribution in [-0.2, 0) is 16.0 Å². The van der Waals surface area contributed by atoms with Crippen molar-refractivity contribution in [1.82, 2.24) is 0 Å².